The molecule has 0 amide bonds. The van der Waals surface area contributed by atoms with E-state index in [9.17, 15) is 9.18 Å². The van der Waals surface area contributed by atoms with E-state index in [0.717, 1.165) is 32.4 Å². The van der Waals surface area contributed by atoms with Gasteiger partial charge in [-0.25, -0.2) is 4.39 Å². The van der Waals surface area contributed by atoms with Gasteiger partial charge in [-0.1, -0.05) is 34.1 Å². The van der Waals surface area contributed by atoms with Gasteiger partial charge in [-0.05, 0) is 72.5 Å². The third kappa shape index (κ3) is 4.25. The van der Waals surface area contributed by atoms with Gasteiger partial charge in [0.15, 0.2) is 0 Å². The van der Waals surface area contributed by atoms with Crippen molar-refractivity contribution in [1.29, 1.82) is 0 Å². The summed E-state index contributed by atoms with van der Waals surface area (Å²) in [5, 5.41) is 0. The van der Waals surface area contributed by atoms with Crippen molar-refractivity contribution in [2.45, 2.75) is 26.2 Å². The van der Waals surface area contributed by atoms with Crippen LogP contribution in [0.4, 0.5) is 4.39 Å². The van der Waals surface area contributed by atoms with Crippen LogP contribution in [0.3, 0.4) is 0 Å². The molecular formula is C22H19BrFNO. The molecule has 0 N–H and O–H groups in total. The standard InChI is InChI=1S/C22H19BrFNO/c1-14-11-19(24)7-8-20(14)22(17-3-5-18(23)6-4-17)21(26)13-16-9-10-25-15(2)12-16/h3-12,22H,13H2,1-2H3. The van der Waals surface area contributed by atoms with Gasteiger partial charge in [0.1, 0.15) is 11.6 Å². The zero-order valence-electron chi connectivity index (χ0n) is 14.7. The maximum Gasteiger partial charge on any atom is 0.149 e. The van der Waals surface area contributed by atoms with Gasteiger partial charge in [0.2, 0.25) is 0 Å². The SMILES string of the molecule is Cc1cc(CC(=O)C(c2ccc(Br)cc2)c2ccc(F)cc2C)ccn1. The smallest absolute Gasteiger partial charge is 0.149 e. The Morgan fingerprint density at radius 3 is 2.46 bits per heavy atom. The Balaban J connectivity index is 2.02. The average molecular weight is 412 g/mol. The Kier molecular flexibility index (Phi) is 5.62. The molecule has 0 bridgehead atoms. The molecule has 0 spiro atoms. The molecule has 0 aliphatic rings. The Bertz CT molecular complexity index is 937. The van der Waals surface area contributed by atoms with Crippen LogP contribution in [0.15, 0.2) is 65.3 Å². The molecule has 3 rings (SSSR count). The molecule has 26 heavy (non-hydrogen) atoms. The number of ketones is 1. The van der Waals surface area contributed by atoms with Crippen molar-refractivity contribution >= 4 is 21.7 Å². The molecule has 0 saturated heterocycles. The molecule has 3 aromatic rings. The quantitative estimate of drug-likeness (QED) is 0.551. The van der Waals surface area contributed by atoms with Crippen LogP contribution in [0.5, 0.6) is 0 Å². The Morgan fingerprint density at radius 2 is 1.81 bits per heavy atom. The van der Waals surface area contributed by atoms with Crippen molar-refractivity contribution in [3.8, 4) is 0 Å². The summed E-state index contributed by atoms with van der Waals surface area (Å²) in [6.07, 6.45) is 2.02. The van der Waals surface area contributed by atoms with E-state index < -0.39 is 5.92 Å². The lowest BCUT2D eigenvalue weighted by Crippen LogP contribution is -2.18. The maximum atomic E-state index is 13.6. The van der Waals surface area contributed by atoms with Gasteiger partial charge in [0, 0.05) is 22.8 Å². The molecule has 0 radical (unpaired) electrons. The minimum Gasteiger partial charge on any atom is -0.298 e. The summed E-state index contributed by atoms with van der Waals surface area (Å²) < 4.78 is 14.5. The number of aryl methyl sites for hydroxylation is 2. The van der Waals surface area contributed by atoms with Crippen LogP contribution in [0.25, 0.3) is 0 Å². The molecule has 0 fully saturated rings. The minimum absolute atomic E-state index is 0.0765. The predicted molar refractivity (Wildman–Crippen MR) is 105 cm³/mol. The molecule has 1 heterocycles. The van der Waals surface area contributed by atoms with Crippen molar-refractivity contribution in [1.82, 2.24) is 4.98 Å². The van der Waals surface area contributed by atoms with Crippen LogP contribution < -0.4 is 0 Å². The average Bonchev–Trinajstić information content (AvgIpc) is 2.59. The first-order chi connectivity index (χ1) is 12.4. The van der Waals surface area contributed by atoms with Crippen LogP contribution in [0, 0.1) is 19.7 Å². The van der Waals surface area contributed by atoms with Crippen LogP contribution in [-0.4, -0.2) is 10.8 Å². The van der Waals surface area contributed by atoms with Crippen LogP contribution in [0.1, 0.15) is 33.9 Å². The van der Waals surface area contributed by atoms with E-state index in [1.807, 2.05) is 50.2 Å². The highest BCUT2D eigenvalue weighted by atomic mass is 79.9. The van der Waals surface area contributed by atoms with Gasteiger partial charge >= 0.3 is 0 Å². The second-order valence-electron chi connectivity index (χ2n) is 6.43. The molecule has 0 aliphatic heterocycles. The van der Waals surface area contributed by atoms with E-state index in [1.165, 1.54) is 12.1 Å². The molecule has 1 atom stereocenters. The van der Waals surface area contributed by atoms with E-state index in [-0.39, 0.29) is 11.6 Å². The fraction of sp³-hybridized carbons (Fsp3) is 0.182. The number of nitrogens with zero attached hydrogens (tertiary/aromatic N) is 1. The summed E-state index contributed by atoms with van der Waals surface area (Å²) in [5.74, 6) is -0.650. The fourth-order valence-electron chi connectivity index (χ4n) is 3.17. The first-order valence-corrected chi connectivity index (χ1v) is 9.19. The number of hydrogen-bond donors (Lipinski definition) is 0. The highest BCUT2D eigenvalue weighted by molar-refractivity contribution is 9.10. The zero-order chi connectivity index (χ0) is 18.7. The van der Waals surface area contributed by atoms with Gasteiger partial charge < -0.3 is 0 Å². The molecule has 132 valence electrons. The van der Waals surface area contributed by atoms with Gasteiger partial charge in [-0.15, -0.1) is 0 Å². The van der Waals surface area contributed by atoms with Gasteiger partial charge in [0.25, 0.3) is 0 Å². The van der Waals surface area contributed by atoms with E-state index in [2.05, 4.69) is 20.9 Å². The summed E-state index contributed by atoms with van der Waals surface area (Å²) in [6, 6.07) is 16.1. The van der Waals surface area contributed by atoms with E-state index in [4.69, 9.17) is 0 Å². The number of Topliss-reactive ketones (excluding diaryl/α,β-unsaturated/α-hetero) is 1. The van der Waals surface area contributed by atoms with Gasteiger partial charge in [0.05, 0.1) is 5.92 Å². The fourth-order valence-corrected chi connectivity index (χ4v) is 3.44. The highest BCUT2D eigenvalue weighted by Crippen LogP contribution is 2.30. The molecule has 2 nitrogen and oxygen atoms in total. The molecular weight excluding hydrogens is 393 g/mol. The zero-order valence-corrected chi connectivity index (χ0v) is 16.3. The number of halogens is 2. The summed E-state index contributed by atoms with van der Waals surface area (Å²) >= 11 is 3.43. The third-order valence-electron chi connectivity index (χ3n) is 4.41. The number of carbonyl (C=O) groups excluding carboxylic acids is 1. The first-order valence-electron chi connectivity index (χ1n) is 8.40. The lowest BCUT2D eigenvalue weighted by molar-refractivity contribution is -0.119. The number of hydrogen-bond acceptors (Lipinski definition) is 2. The van der Waals surface area contributed by atoms with Crippen molar-refractivity contribution in [2.75, 3.05) is 0 Å². The molecule has 1 unspecified atom stereocenters. The van der Waals surface area contributed by atoms with Crippen molar-refractivity contribution in [3.63, 3.8) is 0 Å². The number of aromatic nitrogens is 1. The predicted octanol–water partition coefficient (Wildman–Crippen LogP) is 5.54. The number of carbonyl (C=O) groups is 1. The monoisotopic (exact) mass is 411 g/mol. The normalized spacial score (nSPS) is 12.0. The van der Waals surface area contributed by atoms with Gasteiger partial charge in [-0.3, -0.25) is 9.78 Å². The topological polar surface area (TPSA) is 30.0 Å². The lowest BCUT2D eigenvalue weighted by atomic mass is 9.83. The van der Waals surface area contributed by atoms with Crippen molar-refractivity contribution in [3.05, 3.63) is 99.0 Å². The second kappa shape index (κ2) is 7.92. The van der Waals surface area contributed by atoms with Crippen LogP contribution >= 0.6 is 15.9 Å². The summed E-state index contributed by atoms with van der Waals surface area (Å²) in [7, 11) is 0. The van der Waals surface area contributed by atoms with Crippen molar-refractivity contribution < 1.29 is 9.18 Å². The molecule has 1 aromatic heterocycles. The largest absolute Gasteiger partial charge is 0.298 e. The Morgan fingerprint density at radius 1 is 1.08 bits per heavy atom. The van der Waals surface area contributed by atoms with Crippen LogP contribution in [-0.2, 0) is 11.2 Å². The lowest BCUT2D eigenvalue weighted by Gasteiger charge is -2.19. The maximum absolute atomic E-state index is 13.6. The Hall–Kier alpha value is -2.33. The summed E-state index contributed by atoms with van der Waals surface area (Å²) in [4.78, 5) is 17.4. The molecule has 4 heteroatoms. The third-order valence-corrected chi connectivity index (χ3v) is 4.94. The first kappa shape index (κ1) is 18.5. The minimum atomic E-state index is -0.433. The van der Waals surface area contributed by atoms with E-state index in [1.54, 1.807) is 12.3 Å². The molecule has 0 aliphatic carbocycles. The molecule has 2 aromatic carbocycles. The van der Waals surface area contributed by atoms with Crippen molar-refractivity contribution in [2.24, 2.45) is 0 Å². The Labute approximate surface area is 161 Å². The number of rotatable bonds is 5. The molecule has 0 saturated carbocycles. The van der Waals surface area contributed by atoms with Gasteiger partial charge in [-0.2, -0.15) is 0 Å². The van der Waals surface area contributed by atoms with Crippen LogP contribution in [0.2, 0.25) is 0 Å². The highest BCUT2D eigenvalue weighted by Gasteiger charge is 2.24. The summed E-state index contributed by atoms with van der Waals surface area (Å²) in [5.41, 5.74) is 4.33. The number of pyridine rings is 1. The number of benzene rings is 2. The summed E-state index contributed by atoms with van der Waals surface area (Å²) in [6.45, 7) is 3.75. The van der Waals surface area contributed by atoms with E-state index in [0.29, 0.717) is 6.42 Å². The van der Waals surface area contributed by atoms with E-state index >= 15 is 0 Å². The second-order valence-corrected chi connectivity index (χ2v) is 7.35.